The van der Waals surface area contributed by atoms with Crippen LogP contribution < -0.4 is 14.4 Å². The second kappa shape index (κ2) is 9.68. The number of halogens is 1. The summed E-state index contributed by atoms with van der Waals surface area (Å²) in [5, 5.41) is 2.90. The third-order valence-electron chi connectivity index (χ3n) is 5.22. The maximum absolute atomic E-state index is 13.7. The molecule has 0 heterocycles. The highest BCUT2D eigenvalue weighted by Crippen LogP contribution is 2.32. The molecular formula is C23H31FN2O4S. The molecule has 0 saturated carbocycles. The second-order valence-electron chi connectivity index (χ2n) is 8.05. The van der Waals surface area contributed by atoms with E-state index in [1.54, 1.807) is 7.11 Å². The van der Waals surface area contributed by atoms with E-state index in [1.807, 2.05) is 26.0 Å². The van der Waals surface area contributed by atoms with Gasteiger partial charge in [-0.05, 0) is 73.7 Å². The van der Waals surface area contributed by atoms with Gasteiger partial charge in [-0.25, -0.2) is 12.8 Å². The van der Waals surface area contributed by atoms with Crippen LogP contribution in [-0.4, -0.2) is 33.7 Å². The van der Waals surface area contributed by atoms with Crippen LogP contribution >= 0.6 is 0 Å². The molecule has 2 aromatic carbocycles. The number of benzene rings is 2. The lowest BCUT2D eigenvalue weighted by molar-refractivity contribution is -0.122. The van der Waals surface area contributed by atoms with Gasteiger partial charge in [0.05, 0.1) is 25.1 Å². The highest BCUT2D eigenvalue weighted by molar-refractivity contribution is 7.92. The molecule has 8 heteroatoms. The second-order valence-corrected chi connectivity index (χ2v) is 9.91. The summed E-state index contributed by atoms with van der Waals surface area (Å²) in [6.07, 6.45) is 0.994. The molecule has 0 saturated heterocycles. The monoisotopic (exact) mass is 450 g/mol. The first-order chi connectivity index (χ1) is 14.4. The van der Waals surface area contributed by atoms with Crippen molar-refractivity contribution in [3.05, 3.63) is 58.9 Å². The minimum absolute atomic E-state index is 0.0977. The minimum atomic E-state index is -3.83. The van der Waals surface area contributed by atoms with E-state index in [0.29, 0.717) is 0 Å². The van der Waals surface area contributed by atoms with Gasteiger partial charge in [0.1, 0.15) is 17.6 Å². The Morgan fingerprint density at radius 1 is 1.10 bits per heavy atom. The first-order valence-corrected chi connectivity index (χ1v) is 11.9. The lowest BCUT2D eigenvalue weighted by atomic mass is 9.93. The SMILES string of the molecule is COc1cc(C)c([C@H](C)NC(=O)[C@@H](C)N(c2cccc(F)c2)S(C)(=O)=O)cc1C(C)C. The predicted octanol–water partition coefficient (Wildman–Crippen LogP) is 4.30. The fourth-order valence-electron chi connectivity index (χ4n) is 3.64. The number of anilines is 1. The summed E-state index contributed by atoms with van der Waals surface area (Å²) in [6.45, 7) is 9.38. The zero-order valence-corrected chi connectivity index (χ0v) is 19.9. The Morgan fingerprint density at radius 2 is 1.74 bits per heavy atom. The molecule has 0 spiro atoms. The molecule has 1 N–H and O–H groups in total. The number of hydrogen-bond donors (Lipinski definition) is 1. The Morgan fingerprint density at radius 3 is 2.26 bits per heavy atom. The minimum Gasteiger partial charge on any atom is -0.496 e. The largest absolute Gasteiger partial charge is 0.496 e. The number of rotatable bonds is 8. The number of carbonyl (C=O) groups excluding carboxylic acids is 1. The predicted molar refractivity (Wildman–Crippen MR) is 122 cm³/mol. The van der Waals surface area contributed by atoms with Crippen LogP contribution in [-0.2, 0) is 14.8 Å². The van der Waals surface area contributed by atoms with Gasteiger partial charge < -0.3 is 10.1 Å². The van der Waals surface area contributed by atoms with Crippen LogP contribution in [0.2, 0.25) is 0 Å². The van der Waals surface area contributed by atoms with Crippen LogP contribution in [0.15, 0.2) is 36.4 Å². The van der Waals surface area contributed by atoms with Crippen molar-refractivity contribution in [1.29, 1.82) is 0 Å². The molecule has 1 amide bonds. The van der Waals surface area contributed by atoms with E-state index in [1.165, 1.54) is 25.1 Å². The number of sulfonamides is 1. The number of amides is 1. The number of nitrogens with one attached hydrogen (secondary N) is 1. The molecule has 0 aliphatic heterocycles. The van der Waals surface area contributed by atoms with E-state index in [-0.39, 0.29) is 17.6 Å². The van der Waals surface area contributed by atoms with E-state index in [2.05, 4.69) is 19.2 Å². The van der Waals surface area contributed by atoms with Crippen molar-refractivity contribution >= 4 is 21.6 Å². The van der Waals surface area contributed by atoms with Gasteiger partial charge in [-0.15, -0.1) is 0 Å². The van der Waals surface area contributed by atoms with Crippen LogP contribution in [0, 0.1) is 12.7 Å². The highest BCUT2D eigenvalue weighted by atomic mass is 32.2. The van der Waals surface area contributed by atoms with E-state index in [0.717, 1.165) is 39.1 Å². The van der Waals surface area contributed by atoms with Crippen molar-refractivity contribution < 1.29 is 22.3 Å². The summed E-state index contributed by atoms with van der Waals surface area (Å²) in [5.41, 5.74) is 2.99. The van der Waals surface area contributed by atoms with Crippen molar-refractivity contribution in [3.8, 4) is 5.75 Å². The molecule has 0 bridgehead atoms. The van der Waals surface area contributed by atoms with Crippen molar-refractivity contribution in [2.24, 2.45) is 0 Å². The molecule has 0 aliphatic rings. The number of carbonyl (C=O) groups is 1. The van der Waals surface area contributed by atoms with Gasteiger partial charge >= 0.3 is 0 Å². The van der Waals surface area contributed by atoms with E-state index >= 15 is 0 Å². The van der Waals surface area contributed by atoms with Crippen LogP contribution in [0.25, 0.3) is 0 Å². The summed E-state index contributed by atoms with van der Waals surface area (Å²) in [6, 6.07) is 7.69. The molecule has 0 radical (unpaired) electrons. The van der Waals surface area contributed by atoms with Gasteiger partial charge in [0, 0.05) is 0 Å². The summed E-state index contributed by atoms with van der Waals surface area (Å²) in [5.74, 6) is -0.0481. The summed E-state index contributed by atoms with van der Waals surface area (Å²) in [7, 11) is -2.20. The van der Waals surface area contributed by atoms with Crippen molar-refractivity contribution in [3.63, 3.8) is 0 Å². The molecule has 2 aromatic rings. The fourth-order valence-corrected chi connectivity index (χ4v) is 4.81. The molecule has 0 aromatic heterocycles. The molecule has 0 aliphatic carbocycles. The zero-order valence-electron chi connectivity index (χ0n) is 19.1. The summed E-state index contributed by atoms with van der Waals surface area (Å²) < 4.78 is 44.9. The first-order valence-electron chi connectivity index (χ1n) is 10.1. The maximum Gasteiger partial charge on any atom is 0.244 e. The van der Waals surface area contributed by atoms with Gasteiger partial charge in [-0.2, -0.15) is 0 Å². The Hall–Kier alpha value is -2.61. The van der Waals surface area contributed by atoms with E-state index in [9.17, 15) is 17.6 Å². The first kappa shape index (κ1) is 24.7. The maximum atomic E-state index is 13.7. The number of aryl methyl sites for hydroxylation is 1. The van der Waals surface area contributed by atoms with Crippen molar-refractivity contribution in [1.82, 2.24) is 5.32 Å². The molecule has 31 heavy (non-hydrogen) atoms. The topological polar surface area (TPSA) is 75.7 Å². The standard InChI is InChI=1S/C23H31FN2O4S/c1-14(2)20-13-21(15(3)11-22(20)30-6)16(4)25-23(27)17(5)26(31(7,28)29)19-10-8-9-18(24)12-19/h8-14,16-17H,1-7H3,(H,25,27)/t16-,17+/m0/s1. The summed E-state index contributed by atoms with van der Waals surface area (Å²) >= 11 is 0. The molecule has 170 valence electrons. The molecule has 2 rings (SSSR count). The van der Waals surface area contributed by atoms with Crippen LogP contribution in [0.3, 0.4) is 0 Å². The third kappa shape index (κ3) is 5.76. The molecule has 0 unspecified atom stereocenters. The Balaban J connectivity index is 2.33. The molecule has 2 atom stereocenters. The third-order valence-corrected chi connectivity index (χ3v) is 6.46. The van der Waals surface area contributed by atoms with Gasteiger partial charge in [0.25, 0.3) is 0 Å². The Kier molecular flexibility index (Phi) is 7.70. The zero-order chi connectivity index (χ0) is 23.5. The van der Waals surface area contributed by atoms with Gasteiger partial charge in [-0.1, -0.05) is 19.9 Å². The molecular weight excluding hydrogens is 419 g/mol. The van der Waals surface area contributed by atoms with Crippen molar-refractivity contribution in [2.45, 2.75) is 52.6 Å². The average molecular weight is 451 g/mol. The molecule has 0 fully saturated rings. The van der Waals surface area contributed by atoms with Gasteiger partial charge in [-0.3, -0.25) is 9.10 Å². The number of ether oxygens (including phenoxy) is 1. The lowest BCUT2D eigenvalue weighted by Crippen LogP contribution is -2.48. The van der Waals surface area contributed by atoms with Crippen LogP contribution in [0.4, 0.5) is 10.1 Å². The number of hydrogen-bond acceptors (Lipinski definition) is 4. The van der Waals surface area contributed by atoms with Crippen molar-refractivity contribution in [2.75, 3.05) is 17.7 Å². The summed E-state index contributed by atoms with van der Waals surface area (Å²) in [4.78, 5) is 13.0. The average Bonchev–Trinajstić information content (AvgIpc) is 2.66. The normalized spacial score (nSPS) is 13.6. The highest BCUT2D eigenvalue weighted by Gasteiger charge is 2.30. The fraction of sp³-hybridized carbons (Fsp3) is 0.435. The van der Waals surface area contributed by atoms with Crippen LogP contribution in [0.1, 0.15) is 56.3 Å². The van der Waals surface area contributed by atoms with E-state index < -0.39 is 27.8 Å². The Bertz CT molecular complexity index is 1050. The smallest absolute Gasteiger partial charge is 0.244 e. The van der Waals surface area contributed by atoms with Gasteiger partial charge in [0.15, 0.2) is 0 Å². The Labute approximate surface area is 184 Å². The van der Waals surface area contributed by atoms with Gasteiger partial charge in [0.2, 0.25) is 15.9 Å². The number of methoxy groups -OCH3 is 1. The van der Waals surface area contributed by atoms with E-state index in [4.69, 9.17) is 4.74 Å². The molecule has 6 nitrogen and oxygen atoms in total. The number of nitrogens with zero attached hydrogens (tertiary/aromatic N) is 1. The quantitative estimate of drug-likeness (QED) is 0.651. The van der Waals surface area contributed by atoms with Crippen LogP contribution in [0.5, 0.6) is 5.75 Å². The lowest BCUT2D eigenvalue weighted by Gasteiger charge is -2.29.